The fourth-order valence-electron chi connectivity index (χ4n) is 5.37. The predicted molar refractivity (Wildman–Crippen MR) is 148 cm³/mol. The van der Waals surface area contributed by atoms with E-state index in [2.05, 4.69) is 25.1 Å². The van der Waals surface area contributed by atoms with E-state index in [4.69, 9.17) is 14.5 Å². The van der Waals surface area contributed by atoms with Crippen LogP contribution in [0.4, 0.5) is 11.8 Å². The molecule has 0 amide bonds. The number of aromatic amines is 1. The first-order valence-electron chi connectivity index (χ1n) is 13.2. The number of aliphatic hydroxyl groups excluding tert-OH is 1. The molecule has 0 atom stereocenters. The zero-order valence-corrected chi connectivity index (χ0v) is 21.8. The molecular weight excluding hydrogens is 496 g/mol. The second kappa shape index (κ2) is 10.4. The van der Waals surface area contributed by atoms with Gasteiger partial charge in [-0.15, -0.1) is 0 Å². The summed E-state index contributed by atoms with van der Waals surface area (Å²) in [6.07, 6.45) is 6.32. The summed E-state index contributed by atoms with van der Waals surface area (Å²) < 4.78 is 12.9. The number of imidazole rings is 1. The van der Waals surface area contributed by atoms with Crippen LogP contribution < -0.4 is 10.1 Å². The van der Waals surface area contributed by atoms with Gasteiger partial charge in [0.25, 0.3) is 0 Å². The van der Waals surface area contributed by atoms with E-state index in [1.165, 1.54) is 0 Å². The molecule has 0 radical (unpaired) electrons. The molecule has 200 valence electrons. The lowest BCUT2D eigenvalue weighted by molar-refractivity contribution is 0.0526. The molecule has 0 saturated heterocycles. The Labute approximate surface area is 225 Å². The summed E-state index contributed by atoms with van der Waals surface area (Å²) >= 11 is 0. The van der Waals surface area contributed by atoms with E-state index in [1.54, 1.807) is 38.6 Å². The summed E-state index contributed by atoms with van der Waals surface area (Å²) in [5.41, 5.74) is 4.76. The molecule has 2 aromatic carbocycles. The van der Waals surface area contributed by atoms with Gasteiger partial charge in [0.2, 0.25) is 5.95 Å². The van der Waals surface area contributed by atoms with Crippen LogP contribution in [0.5, 0.6) is 5.75 Å². The zero-order valence-electron chi connectivity index (χ0n) is 21.8. The number of H-pyrrole nitrogens is 1. The molecule has 0 aliphatic heterocycles. The number of nitrogens with zero attached hydrogens (tertiary/aromatic N) is 4. The smallest absolute Gasteiger partial charge is 0.338 e. The van der Waals surface area contributed by atoms with Crippen molar-refractivity contribution < 1.29 is 19.4 Å². The fourth-order valence-corrected chi connectivity index (χ4v) is 5.37. The minimum Gasteiger partial charge on any atom is -0.496 e. The van der Waals surface area contributed by atoms with Gasteiger partial charge in [-0.05, 0) is 74.6 Å². The second-order valence-electron chi connectivity index (χ2n) is 9.73. The van der Waals surface area contributed by atoms with Crippen LogP contribution in [0, 0.1) is 0 Å². The van der Waals surface area contributed by atoms with Crippen molar-refractivity contribution in [2.75, 3.05) is 19.0 Å². The SMILES string of the molecule is CCOC(=O)c1ccc2c(c1)nc(Nc1n[nH]c3ccc(-c4cnccc4OC)cc13)n2[C@H]1CC[C@H](O)CC1. The van der Waals surface area contributed by atoms with Gasteiger partial charge in [0, 0.05) is 29.4 Å². The monoisotopic (exact) mass is 526 g/mol. The number of benzene rings is 2. The number of carbonyl (C=O) groups is 1. The quantitative estimate of drug-likeness (QED) is 0.241. The van der Waals surface area contributed by atoms with E-state index in [0.29, 0.717) is 29.5 Å². The number of anilines is 2. The maximum absolute atomic E-state index is 12.4. The number of hydrogen-bond acceptors (Lipinski definition) is 8. The average molecular weight is 527 g/mol. The van der Waals surface area contributed by atoms with Gasteiger partial charge < -0.3 is 24.5 Å². The molecule has 1 fully saturated rings. The van der Waals surface area contributed by atoms with Gasteiger partial charge in [0.15, 0.2) is 5.82 Å². The van der Waals surface area contributed by atoms with Gasteiger partial charge in [-0.25, -0.2) is 9.78 Å². The number of carbonyl (C=O) groups excluding carboxylic acids is 1. The Kier molecular flexibility index (Phi) is 6.62. The predicted octanol–water partition coefficient (Wildman–Crippen LogP) is 5.38. The third kappa shape index (κ3) is 4.67. The third-order valence-corrected chi connectivity index (χ3v) is 7.34. The summed E-state index contributed by atoms with van der Waals surface area (Å²) in [6.45, 7) is 2.09. The molecule has 10 nitrogen and oxygen atoms in total. The lowest BCUT2D eigenvalue weighted by Crippen LogP contribution is -2.22. The van der Waals surface area contributed by atoms with Crippen LogP contribution in [0.2, 0.25) is 0 Å². The Morgan fingerprint density at radius 1 is 1.15 bits per heavy atom. The highest BCUT2D eigenvalue weighted by molar-refractivity contribution is 5.96. The van der Waals surface area contributed by atoms with E-state index in [1.807, 2.05) is 30.3 Å². The van der Waals surface area contributed by atoms with Crippen LogP contribution in [-0.2, 0) is 4.74 Å². The van der Waals surface area contributed by atoms with E-state index < -0.39 is 0 Å². The van der Waals surface area contributed by atoms with Gasteiger partial charge in [-0.2, -0.15) is 5.10 Å². The molecule has 3 heterocycles. The van der Waals surface area contributed by atoms with Crippen LogP contribution >= 0.6 is 0 Å². The number of methoxy groups -OCH3 is 1. The Morgan fingerprint density at radius 2 is 2.00 bits per heavy atom. The minimum absolute atomic E-state index is 0.148. The number of ether oxygens (including phenoxy) is 2. The average Bonchev–Trinajstić information content (AvgIpc) is 3.53. The van der Waals surface area contributed by atoms with Crippen LogP contribution in [-0.4, -0.2) is 55.6 Å². The molecular formula is C29H30N6O4. The Bertz CT molecular complexity index is 1650. The molecule has 10 heteroatoms. The number of pyridine rings is 1. The lowest BCUT2D eigenvalue weighted by atomic mass is 9.93. The van der Waals surface area contributed by atoms with Crippen LogP contribution in [0.3, 0.4) is 0 Å². The van der Waals surface area contributed by atoms with E-state index in [-0.39, 0.29) is 18.1 Å². The third-order valence-electron chi connectivity index (χ3n) is 7.34. The lowest BCUT2D eigenvalue weighted by Gasteiger charge is -2.28. The van der Waals surface area contributed by atoms with Crippen molar-refractivity contribution in [3.63, 3.8) is 0 Å². The molecule has 0 spiro atoms. The largest absolute Gasteiger partial charge is 0.496 e. The topological polar surface area (TPSA) is 127 Å². The summed E-state index contributed by atoms with van der Waals surface area (Å²) in [6, 6.07) is 13.5. The maximum Gasteiger partial charge on any atom is 0.338 e. The highest BCUT2D eigenvalue weighted by Crippen LogP contribution is 2.37. The van der Waals surface area contributed by atoms with E-state index in [0.717, 1.165) is 59.0 Å². The Hall–Kier alpha value is -4.44. The van der Waals surface area contributed by atoms with Crippen LogP contribution in [0.1, 0.15) is 49.0 Å². The normalized spacial score (nSPS) is 17.4. The van der Waals surface area contributed by atoms with Crippen molar-refractivity contribution in [1.82, 2.24) is 24.7 Å². The van der Waals surface area contributed by atoms with Crippen LogP contribution in [0.15, 0.2) is 54.9 Å². The van der Waals surface area contributed by atoms with Crippen molar-refractivity contribution in [3.05, 3.63) is 60.4 Å². The number of hydrogen-bond donors (Lipinski definition) is 3. The first-order chi connectivity index (χ1) is 19.1. The number of aliphatic hydroxyl groups is 1. The van der Waals surface area contributed by atoms with Crippen molar-refractivity contribution >= 4 is 39.7 Å². The van der Waals surface area contributed by atoms with Crippen molar-refractivity contribution in [1.29, 1.82) is 0 Å². The second-order valence-corrected chi connectivity index (χ2v) is 9.73. The van der Waals surface area contributed by atoms with Gasteiger partial charge in [0.1, 0.15) is 5.75 Å². The van der Waals surface area contributed by atoms with Gasteiger partial charge in [0.05, 0.1) is 41.9 Å². The van der Waals surface area contributed by atoms with Gasteiger partial charge in [-0.1, -0.05) is 6.07 Å². The van der Waals surface area contributed by atoms with Crippen molar-refractivity contribution in [3.8, 4) is 16.9 Å². The van der Waals surface area contributed by atoms with Crippen molar-refractivity contribution in [2.45, 2.75) is 44.8 Å². The highest BCUT2D eigenvalue weighted by Gasteiger charge is 2.26. The molecule has 0 bridgehead atoms. The van der Waals surface area contributed by atoms with Gasteiger partial charge in [-0.3, -0.25) is 10.1 Å². The van der Waals surface area contributed by atoms with Crippen LogP contribution in [0.25, 0.3) is 33.1 Å². The summed E-state index contributed by atoms with van der Waals surface area (Å²) in [5.74, 6) is 1.62. The minimum atomic E-state index is -0.374. The zero-order chi connectivity index (χ0) is 26.9. The number of rotatable bonds is 7. The van der Waals surface area contributed by atoms with E-state index >= 15 is 0 Å². The summed E-state index contributed by atoms with van der Waals surface area (Å²) in [7, 11) is 1.64. The summed E-state index contributed by atoms with van der Waals surface area (Å²) in [5, 5.41) is 22.1. The maximum atomic E-state index is 12.4. The molecule has 5 aromatic rings. The van der Waals surface area contributed by atoms with Gasteiger partial charge >= 0.3 is 5.97 Å². The molecule has 1 aliphatic carbocycles. The molecule has 39 heavy (non-hydrogen) atoms. The number of esters is 1. The van der Waals surface area contributed by atoms with E-state index in [9.17, 15) is 9.90 Å². The molecule has 0 unspecified atom stereocenters. The first kappa shape index (κ1) is 24.9. The number of fused-ring (bicyclic) bond motifs is 2. The first-order valence-corrected chi connectivity index (χ1v) is 13.2. The number of nitrogens with one attached hydrogen (secondary N) is 2. The highest BCUT2D eigenvalue weighted by atomic mass is 16.5. The summed E-state index contributed by atoms with van der Waals surface area (Å²) in [4.78, 5) is 21.6. The molecule has 6 rings (SSSR count). The number of aromatic nitrogens is 5. The fraction of sp³-hybridized carbons (Fsp3) is 0.310. The molecule has 1 saturated carbocycles. The van der Waals surface area contributed by atoms with Crippen molar-refractivity contribution in [2.24, 2.45) is 0 Å². The Morgan fingerprint density at radius 3 is 2.79 bits per heavy atom. The molecule has 3 N–H and O–H groups in total. The standard InChI is InChI=1S/C29H30N6O4/c1-3-39-28(37)18-5-11-25-24(15-18)31-29(35(25)19-6-8-20(36)9-7-19)32-27-21-14-17(4-10-23(21)33-34-27)22-16-30-13-12-26(22)38-2/h4-5,10-16,19-20,36H,3,6-9H2,1-2H3,(H2,31,32,33,34)/t19-,20-. The molecule has 1 aliphatic rings. The molecule has 3 aromatic heterocycles. The Balaban J connectivity index is 1.43.